The Labute approximate surface area is 105 Å². The van der Waals surface area contributed by atoms with Crippen molar-refractivity contribution in [3.05, 3.63) is 41.7 Å². The molecule has 1 atom stereocenters. The van der Waals surface area contributed by atoms with Crippen molar-refractivity contribution in [1.82, 2.24) is 10.3 Å². The fourth-order valence-corrected chi connectivity index (χ4v) is 1.84. The van der Waals surface area contributed by atoms with Crippen LogP contribution in [0.15, 0.2) is 36.2 Å². The van der Waals surface area contributed by atoms with Crippen LogP contribution in [0.1, 0.15) is 39.2 Å². The number of hydrogen-bond acceptors (Lipinski definition) is 2. The number of nitrogens with zero attached hydrogens (tertiary/aromatic N) is 1. The smallest absolute Gasteiger partial charge is 0.0299 e. The number of aromatic nitrogens is 1. The van der Waals surface area contributed by atoms with Gasteiger partial charge in [-0.25, -0.2) is 0 Å². The van der Waals surface area contributed by atoms with E-state index in [0.717, 1.165) is 19.4 Å². The first-order valence-corrected chi connectivity index (χ1v) is 6.49. The Kier molecular flexibility index (Phi) is 6.56. The van der Waals surface area contributed by atoms with Gasteiger partial charge in [0, 0.05) is 18.4 Å². The lowest BCUT2D eigenvalue weighted by atomic mass is 10.0. The molecule has 1 aromatic heterocycles. The van der Waals surface area contributed by atoms with Gasteiger partial charge in [-0.3, -0.25) is 4.98 Å². The summed E-state index contributed by atoms with van der Waals surface area (Å²) in [6.45, 7) is 7.60. The topological polar surface area (TPSA) is 24.9 Å². The number of allylic oxidation sites excluding steroid dienone is 1. The van der Waals surface area contributed by atoms with Crippen molar-refractivity contribution >= 4 is 0 Å². The van der Waals surface area contributed by atoms with E-state index >= 15 is 0 Å². The molecule has 0 saturated carbocycles. The summed E-state index contributed by atoms with van der Waals surface area (Å²) in [6.07, 6.45) is 9.51. The standard InChI is InChI=1S/C15H24N2/c1-4-9-17-15(11-13(2)3)8-7-14-6-5-10-16-12-14/h5-6,10-12,15,17H,4,7-9H2,1-3H3. The molecule has 0 amide bonds. The van der Waals surface area contributed by atoms with Crippen LogP contribution in [0.3, 0.4) is 0 Å². The molecule has 0 saturated heterocycles. The molecule has 1 unspecified atom stereocenters. The minimum absolute atomic E-state index is 0.486. The van der Waals surface area contributed by atoms with Crippen molar-refractivity contribution in [3.8, 4) is 0 Å². The molecule has 0 aromatic carbocycles. The van der Waals surface area contributed by atoms with Gasteiger partial charge < -0.3 is 5.32 Å². The highest BCUT2D eigenvalue weighted by Crippen LogP contribution is 2.06. The molecule has 17 heavy (non-hydrogen) atoms. The van der Waals surface area contributed by atoms with Crippen molar-refractivity contribution < 1.29 is 0 Å². The molecule has 0 aliphatic carbocycles. The van der Waals surface area contributed by atoms with E-state index in [2.05, 4.69) is 43.2 Å². The minimum Gasteiger partial charge on any atom is -0.311 e. The van der Waals surface area contributed by atoms with E-state index in [4.69, 9.17) is 0 Å². The summed E-state index contributed by atoms with van der Waals surface area (Å²) in [5, 5.41) is 3.57. The molecule has 0 aliphatic heterocycles. The van der Waals surface area contributed by atoms with E-state index in [1.165, 1.54) is 17.6 Å². The van der Waals surface area contributed by atoms with Crippen LogP contribution in [-0.2, 0) is 6.42 Å². The molecule has 1 rings (SSSR count). The molecule has 2 nitrogen and oxygen atoms in total. The molecule has 0 fully saturated rings. The molecule has 0 spiro atoms. The predicted octanol–water partition coefficient (Wildman–Crippen LogP) is 3.35. The molecule has 1 N–H and O–H groups in total. The fraction of sp³-hybridized carbons (Fsp3) is 0.533. The van der Waals surface area contributed by atoms with Gasteiger partial charge in [-0.2, -0.15) is 0 Å². The Hall–Kier alpha value is -1.15. The Bertz CT molecular complexity index is 326. The normalized spacial score (nSPS) is 12.2. The van der Waals surface area contributed by atoms with Gasteiger partial charge in [0.25, 0.3) is 0 Å². The SMILES string of the molecule is CCCNC(C=C(C)C)CCc1cccnc1. The summed E-state index contributed by atoms with van der Waals surface area (Å²) in [5.74, 6) is 0. The van der Waals surface area contributed by atoms with Crippen LogP contribution >= 0.6 is 0 Å². The molecule has 94 valence electrons. The van der Waals surface area contributed by atoms with Crippen molar-refractivity contribution in [3.63, 3.8) is 0 Å². The molecular formula is C15H24N2. The molecule has 2 heteroatoms. The Balaban J connectivity index is 2.46. The first-order valence-electron chi connectivity index (χ1n) is 6.49. The largest absolute Gasteiger partial charge is 0.311 e. The second-order valence-electron chi connectivity index (χ2n) is 4.70. The van der Waals surface area contributed by atoms with E-state index in [1.54, 1.807) is 0 Å². The van der Waals surface area contributed by atoms with Crippen LogP contribution in [-0.4, -0.2) is 17.6 Å². The molecule has 1 aromatic rings. The first-order chi connectivity index (χ1) is 8.22. The number of rotatable bonds is 7. The molecular weight excluding hydrogens is 208 g/mol. The van der Waals surface area contributed by atoms with E-state index in [9.17, 15) is 0 Å². The highest BCUT2D eigenvalue weighted by atomic mass is 14.9. The quantitative estimate of drug-likeness (QED) is 0.729. The average molecular weight is 232 g/mol. The van der Waals surface area contributed by atoms with Gasteiger partial charge in [-0.05, 0) is 51.3 Å². The van der Waals surface area contributed by atoms with Gasteiger partial charge in [-0.1, -0.05) is 24.6 Å². The fourth-order valence-electron chi connectivity index (χ4n) is 1.84. The number of nitrogens with one attached hydrogen (secondary N) is 1. The number of aryl methyl sites for hydroxylation is 1. The second-order valence-corrected chi connectivity index (χ2v) is 4.70. The molecule has 1 heterocycles. The van der Waals surface area contributed by atoms with E-state index in [0.29, 0.717) is 6.04 Å². The molecule has 0 aliphatic rings. The Morgan fingerprint density at radius 2 is 2.29 bits per heavy atom. The summed E-state index contributed by atoms with van der Waals surface area (Å²) in [6, 6.07) is 4.64. The van der Waals surface area contributed by atoms with Crippen molar-refractivity contribution in [2.45, 2.75) is 46.1 Å². The molecule has 0 radical (unpaired) electrons. The van der Waals surface area contributed by atoms with Gasteiger partial charge in [0.05, 0.1) is 0 Å². The zero-order valence-corrected chi connectivity index (χ0v) is 11.2. The number of hydrogen-bond donors (Lipinski definition) is 1. The third-order valence-corrected chi connectivity index (χ3v) is 2.66. The summed E-state index contributed by atoms with van der Waals surface area (Å²) in [5.41, 5.74) is 2.70. The summed E-state index contributed by atoms with van der Waals surface area (Å²) in [4.78, 5) is 4.15. The Morgan fingerprint density at radius 1 is 1.47 bits per heavy atom. The average Bonchev–Trinajstić information content (AvgIpc) is 2.33. The van der Waals surface area contributed by atoms with Crippen LogP contribution in [0.25, 0.3) is 0 Å². The van der Waals surface area contributed by atoms with Crippen molar-refractivity contribution in [1.29, 1.82) is 0 Å². The van der Waals surface area contributed by atoms with Gasteiger partial charge in [0.1, 0.15) is 0 Å². The van der Waals surface area contributed by atoms with Crippen LogP contribution in [0.5, 0.6) is 0 Å². The van der Waals surface area contributed by atoms with Crippen LogP contribution in [0.4, 0.5) is 0 Å². The van der Waals surface area contributed by atoms with Crippen molar-refractivity contribution in [2.24, 2.45) is 0 Å². The lowest BCUT2D eigenvalue weighted by Gasteiger charge is -2.15. The van der Waals surface area contributed by atoms with Crippen LogP contribution < -0.4 is 5.32 Å². The van der Waals surface area contributed by atoms with Crippen LogP contribution in [0.2, 0.25) is 0 Å². The van der Waals surface area contributed by atoms with E-state index in [-0.39, 0.29) is 0 Å². The van der Waals surface area contributed by atoms with Gasteiger partial charge >= 0.3 is 0 Å². The molecule has 0 bridgehead atoms. The zero-order valence-electron chi connectivity index (χ0n) is 11.2. The minimum atomic E-state index is 0.486. The van der Waals surface area contributed by atoms with Gasteiger partial charge in [-0.15, -0.1) is 0 Å². The maximum atomic E-state index is 4.15. The second kappa shape index (κ2) is 8.02. The lowest BCUT2D eigenvalue weighted by molar-refractivity contribution is 0.551. The van der Waals surface area contributed by atoms with E-state index < -0.39 is 0 Å². The third kappa shape index (κ3) is 6.22. The van der Waals surface area contributed by atoms with Gasteiger partial charge in [0.2, 0.25) is 0 Å². The highest BCUT2D eigenvalue weighted by Gasteiger charge is 2.04. The summed E-state index contributed by atoms with van der Waals surface area (Å²) >= 11 is 0. The van der Waals surface area contributed by atoms with Crippen LogP contribution in [0, 0.1) is 0 Å². The lowest BCUT2D eigenvalue weighted by Crippen LogP contribution is -2.28. The first kappa shape index (κ1) is 13.9. The van der Waals surface area contributed by atoms with Crippen molar-refractivity contribution in [2.75, 3.05) is 6.54 Å². The number of pyridine rings is 1. The van der Waals surface area contributed by atoms with Gasteiger partial charge in [0.15, 0.2) is 0 Å². The third-order valence-electron chi connectivity index (χ3n) is 2.66. The summed E-state index contributed by atoms with van der Waals surface area (Å²) < 4.78 is 0. The monoisotopic (exact) mass is 232 g/mol. The van der Waals surface area contributed by atoms with E-state index in [1.807, 2.05) is 18.5 Å². The summed E-state index contributed by atoms with van der Waals surface area (Å²) in [7, 11) is 0. The Morgan fingerprint density at radius 3 is 2.88 bits per heavy atom. The predicted molar refractivity (Wildman–Crippen MR) is 74.1 cm³/mol. The maximum Gasteiger partial charge on any atom is 0.0299 e. The maximum absolute atomic E-state index is 4.15. The zero-order chi connectivity index (χ0) is 12.5. The highest BCUT2D eigenvalue weighted by molar-refractivity contribution is 5.10.